The van der Waals surface area contributed by atoms with Crippen LogP contribution in [0.5, 0.6) is 0 Å². The molecule has 112 valence electrons. The summed E-state index contributed by atoms with van der Waals surface area (Å²) in [7, 11) is 0. The van der Waals surface area contributed by atoms with Crippen LogP contribution < -0.4 is 5.32 Å². The van der Waals surface area contributed by atoms with Gasteiger partial charge >= 0.3 is 5.97 Å². The molecule has 0 bridgehead atoms. The van der Waals surface area contributed by atoms with Crippen LogP contribution in [0, 0.1) is 0 Å². The lowest BCUT2D eigenvalue weighted by Gasteiger charge is -2.34. The van der Waals surface area contributed by atoms with E-state index in [9.17, 15) is 9.59 Å². The molecule has 1 aliphatic carbocycles. The molecule has 1 aliphatic rings. The van der Waals surface area contributed by atoms with Crippen molar-refractivity contribution in [2.24, 2.45) is 0 Å². The van der Waals surface area contributed by atoms with Crippen LogP contribution in [0.25, 0.3) is 6.08 Å². The molecule has 1 aromatic rings. The Morgan fingerprint density at radius 1 is 1.29 bits per heavy atom. The van der Waals surface area contributed by atoms with Crippen molar-refractivity contribution in [3.05, 3.63) is 35.7 Å². The van der Waals surface area contributed by atoms with Gasteiger partial charge in [0.1, 0.15) is 0 Å². The zero-order chi connectivity index (χ0) is 15.3. The van der Waals surface area contributed by atoms with Crippen LogP contribution >= 0.6 is 0 Å². The van der Waals surface area contributed by atoms with E-state index in [0.29, 0.717) is 11.1 Å². The molecule has 0 aliphatic heterocycles. The molecule has 0 saturated heterocycles. The van der Waals surface area contributed by atoms with Crippen LogP contribution in [0.3, 0.4) is 0 Å². The Labute approximate surface area is 124 Å². The first-order valence-electron chi connectivity index (χ1n) is 7.17. The Morgan fingerprint density at radius 3 is 2.67 bits per heavy atom. The maximum atomic E-state index is 12.3. The number of nitrogens with one attached hydrogen (secondary N) is 1. The minimum Gasteiger partial charge on any atom is -0.478 e. The highest BCUT2D eigenvalue weighted by molar-refractivity contribution is 5.95. The number of carbonyl (C=O) groups excluding carboxylic acids is 1. The van der Waals surface area contributed by atoms with Crippen molar-refractivity contribution in [2.45, 2.75) is 44.6 Å². The molecular formula is C16H20N2O3. The predicted molar refractivity (Wildman–Crippen MR) is 79.9 cm³/mol. The molecule has 21 heavy (non-hydrogen) atoms. The minimum absolute atomic E-state index is 0.151. The number of hydrogen-bond donors (Lipinski definition) is 2. The SMILES string of the molecule is CC1(NC(=O)c2cncc(C=CC(=O)O)c2)CCCCC1. The van der Waals surface area contributed by atoms with Crippen molar-refractivity contribution in [2.75, 3.05) is 0 Å². The molecule has 1 saturated carbocycles. The van der Waals surface area contributed by atoms with Crippen LogP contribution in [-0.4, -0.2) is 27.5 Å². The first-order valence-corrected chi connectivity index (χ1v) is 7.17. The summed E-state index contributed by atoms with van der Waals surface area (Å²) < 4.78 is 0. The van der Waals surface area contributed by atoms with E-state index in [2.05, 4.69) is 17.2 Å². The van der Waals surface area contributed by atoms with Crippen molar-refractivity contribution in [1.82, 2.24) is 10.3 Å². The molecule has 2 rings (SSSR count). The van der Waals surface area contributed by atoms with Crippen LogP contribution in [0.1, 0.15) is 54.9 Å². The second-order valence-electron chi connectivity index (χ2n) is 5.75. The Balaban J connectivity index is 2.08. The fourth-order valence-electron chi connectivity index (χ4n) is 2.64. The summed E-state index contributed by atoms with van der Waals surface area (Å²) in [6.07, 6.45) is 11.0. The van der Waals surface area contributed by atoms with E-state index in [4.69, 9.17) is 5.11 Å². The van der Waals surface area contributed by atoms with E-state index in [1.807, 2.05) is 0 Å². The monoisotopic (exact) mass is 288 g/mol. The topological polar surface area (TPSA) is 79.3 Å². The molecule has 0 atom stereocenters. The number of carboxylic acids is 1. The number of aliphatic carboxylic acids is 1. The Hall–Kier alpha value is -2.17. The molecule has 5 nitrogen and oxygen atoms in total. The van der Waals surface area contributed by atoms with E-state index >= 15 is 0 Å². The maximum absolute atomic E-state index is 12.3. The molecule has 0 radical (unpaired) electrons. The fraction of sp³-hybridized carbons (Fsp3) is 0.438. The average Bonchev–Trinajstić information content (AvgIpc) is 2.45. The number of aromatic nitrogens is 1. The first kappa shape index (κ1) is 15.2. The van der Waals surface area contributed by atoms with Crippen LogP contribution in [0.15, 0.2) is 24.5 Å². The Kier molecular flexibility index (Phi) is 4.73. The second kappa shape index (κ2) is 6.52. The van der Waals surface area contributed by atoms with Crippen LogP contribution in [0.2, 0.25) is 0 Å². The van der Waals surface area contributed by atoms with Gasteiger partial charge in [-0.1, -0.05) is 19.3 Å². The normalized spacial score (nSPS) is 17.6. The van der Waals surface area contributed by atoms with Gasteiger partial charge in [-0.3, -0.25) is 9.78 Å². The molecule has 0 aromatic carbocycles. The third-order valence-electron chi connectivity index (χ3n) is 3.81. The largest absolute Gasteiger partial charge is 0.478 e. The third kappa shape index (κ3) is 4.41. The van der Waals surface area contributed by atoms with Gasteiger partial charge in [-0.25, -0.2) is 4.79 Å². The highest BCUT2D eigenvalue weighted by Gasteiger charge is 2.28. The van der Waals surface area contributed by atoms with Crippen molar-refractivity contribution in [1.29, 1.82) is 0 Å². The van der Waals surface area contributed by atoms with Crippen molar-refractivity contribution in [3.8, 4) is 0 Å². The molecule has 0 unspecified atom stereocenters. The van der Waals surface area contributed by atoms with E-state index < -0.39 is 5.97 Å². The zero-order valence-electron chi connectivity index (χ0n) is 12.1. The van der Waals surface area contributed by atoms with Gasteiger partial charge in [0.2, 0.25) is 0 Å². The summed E-state index contributed by atoms with van der Waals surface area (Å²) in [6.45, 7) is 2.08. The van der Waals surface area contributed by atoms with E-state index in [0.717, 1.165) is 31.8 Å². The van der Waals surface area contributed by atoms with E-state index in [-0.39, 0.29) is 11.4 Å². The second-order valence-corrected chi connectivity index (χ2v) is 5.75. The summed E-state index contributed by atoms with van der Waals surface area (Å²) in [5.74, 6) is -1.18. The quantitative estimate of drug-likeness (QED) is 0.835. The lowest BCUT2D eigenvalue weighted by atomic mass is 9.83. The van der Waals surface area contributed by atoms with Gasteiger partial charge in [-0.15, -0.1) is 0 Å². The molecule has 1 heterocycles. The van der Waals surface area contributed by atoms with Crippen LogP contribution in [-0.2, 0) is 4.79 Å². The summed E-state index contributed by atoms with van der Waals surface area (Å²) in [4.78, 5) is 26.8. The van der Waals surface area contributed by atoms with Crippen molar-refractivity contribution < 1.29 is 14.7 Å². The maximum Gasteiger partial charge on any atom is 0.328 e. The van der Waals surface area contributed by atoms with Gasteiger partial charge in [0.15, 0.2) is 0 Å². The molecule has 1 fully saturated rings. The van der Waals surface area contributed by atoms with Gasteiger partial charge in [-0.05, 0) is 37.5 Å². The first-order chi connectivity index (χ1) is 9.98. The summed E-state index contributed by atoms with van der Waals surface area (Å²) in [5, 5.41) is 11.7. The minimum atomic E-state index is -1.03. The third-order valence-corrected chi connectivity index (χ3v) is 3.81. The predicted octanol–water partition coefficient (Wildman–Crippen LogP) is 2.63. The summed E-state index contributed by atoms with van der Waals surface area (Å²) in [5.41, 5.74) is 0.899. The number of rotatable bonds is 4. The van der Waals surface area contributed by atoms with Crippen LogP contribution in [0.4, 0.5) is 0 Å². The average molecular weight is 288 g/mol. The molecule has 0 spiro atoms. The molecule has 5 heteroatoms. The summed E-state index contributed by atoms with van der Waals surface area (Å²) >= 11 is 0. The van der Waals surface area contributed by atoms with Gasteiger partial charge in [0.05, 0.1) is 5.56 Å². The molecule has 1 aromatic heterocycles. The lowest BCUT2D eigenvalue weighted by Crippen LogP contribution is -2.47. The highest BCUT2D eigenvalue weighted by atomic mass is 16.4. The standard InChI is InChI=1S/C16H20N2O3/c1-16(7-3-2-4-8-16)18-15(21)13-9-12(10-17-11-13)5-6-14(19)20/h5-6,9-11H,2-4,7-8H2,1H3,(H,18,21)(H,19,20). The number of carboxylic acid groups (broad SMARTS) is 1. The molecule has 1 amide bonds. The smallest absolute Gasteiger partial charge is 0.328 e. The fourth-order valence-corrected chi connectivity index (χ4v) is 2.64. The van der Waals surface area contributed by atoms with E-state index in [1.165, 1.54) is 24.9 Å². The Bertz CT molecular complexity index is 560. The van der Waals surface area contributed by atoms with Crippen molar-refractivity contribution in [3.63, 3.8) is 0 Å². The number of nitrogens with zero attached hydrogens (tertiary/aromatic N) is 1. The molecule has 2 N–H and O–H groups in total. The van der Waals surface area contributed by atoms with Gasteiger partial charge in [0, 0.05) is 24.0 Å². The zero-order valence-corrected chi connectivity index (χ0v) is 12.1. The molecular weight excluding hydrogens is 268 g/mol. The summed E-state index contributed by atoms with van der Waals surface area (Å²) in [6, 6.07) is 1.65. The van der Waals surface area contributed by atoms with E-state index in [1.54, 1.807) is 6.07 Å². The van der Waals surface area contributed by atoms with Gasteiger partial charge in [0.25, 0.3) is 5.91 Å². The highest BCUT2D eigenvalue weighted by Crippen LogP contribution is 2.27. The Morgan fingerprint density at radius 2 is 2.00 bits per heavy atom. The van der Waals surface area contributed by atoms with Gasteiger partial charge in [-0.2, -0.15) is 0 Å². The lowest BCUT2D eigenvalue weighted by molar-refractivity contribution is -0.131. The number of hydrogen-bond acceptors (Lipinski definition) is 3. The number of pyridine rings is 1. The number of carbonyl (C=O) groups is 2. The van der Waals surface area contributed by atoms with Crippen molar-refractivity contribution >= 4 is 18.0 Å². The number of amides is 1. The van der Waals surface area contributed by atoms with Gasteiger partial charge < -0.3 is 10.4 Å².